The normalized spacial score (nSPS) is 29.9. The maximum Gasteiger partial charge on any atom is 0.146 e. The fourth-order valence-electron chi connectivity index (χ4n) is 3.61. The van der Waals surface area contributed by atoms with Crippen LogP contribution in [0.25, 0.3) is 0 Å². The number of anilines is 1. The first-order chi connectivity index (χ1) is 9.20. The third kappa shape index (κ3) is 2.08. The highest BCUT2D eigenvalue weighted by molar-refractivity contribution is 5.57. The van der Waals surface area contributed by atoms with Crippen LogP contribution in [0.5, 0.6) is 0 Å². The average molecular weight is 256 g/mol. The summed E-state index contributed by atoms with van der Waals surface area (Å²) < 4.78 is 0. The Kier molecular flexibility index (Phi) is 3.16. The van der Waals surface area contributed by atoms with Crippen LogP contribution in [0.4, 0.5) is 5.82 Å². The topological polar surface area (TPSA) is 65.9 Å². The van der Waals surface area contributed by atoms with Gasteiger partial charge < -0.3 is 10.6 Å². The van der Waals surface area contributed by atoms with Gasteiger partial charge in [0, 0.05) is 25.3 Å². The molecule has 0 bridgehead atoms. The fraction of sp³-hybridized carbons (Fsp3) is 0.600. The van der Waals surface area contributed by atoms with Crippen molar-refractivity contribution in [1.29, 1.82) is 5.26 Å². The zero-order valence-corrected chi connectivity index (χ0v) is 11.3. The summed E-state index contributed by atoms with van der Waals surface area (Å²) in [7, 11) is 0. The van der Waals surface area contributed by atoms with Crippen molar-refractivity contribution >= 4 is 5.82 Å². The van der Waals surface area contributed by atoms with Gasteiger partial charge in [-0.3, -0.25) is 0 Å². The lowest BCUT2D eigenvalue weighted by Gasteiger charge is -2.29. The van der Waals surface area contributed by atoms with E-state index in [0.29, 0.717) is 17.9 Å². The van der Waals surface area contributed by atoms with Crippen molar-refractivity contribution in [2.45, 2.75) is 32.2 Å². The number of pyridine rings is 1. The molecule has 3 unspecified atom stereocenters. The number of nitrogens with two attached hydrogens (primary N) is 1. The molecular weight excluding hydrogens is 236 g/mol. The summed E-state index contributed by atoms with van der Waals surface area (Å²) >= 11 is 0. The second-order valence-electron chi connectivity index (χ2n) is 5.86. The van der Waals surface area contributed by atoms with Gasteiger partial charge >= 0.3 is 0 Å². The van der Waals surface area contributed by atoms with Gasteiger partial charge in [-0.1, -0.05) is 6.42 Å². The van der Waals surface area contributed by atoms with E-state index in [0.717, 1.165) is 36.5 Å². The smallest absolute Gasteiger partial charge is 0.146 e. The van der Waals surface area contributed by atoms with Crippen LogP contribution in [-0.2, 0) is 0 Å². The maximum atomic E-state index is 9.33. The number of hydrogen-bond donors (Lipinski definition) is 1. The molecule has 4 nitrogen and oxygen atoms in total. The molecule has 3 atom stereocenters. The Morgan fingerprint density at radius 1 is 1.42 bits per heavy atom. The molecule has 2 N–H and O–H groups in total. The Hall–Kier alpha value is -1.60. The van der Waals surface area contributed by atoms with Crippen LogP contribution in [-0.4, -0.2) is 24.1 Å². The SMILES string of the molecule is Cc1ccnc(N2CC3CCCC(N)C3C2)c1C#N. The lowest BCUT2D eigenvalue weighted by Crippen LogP contribution is -2.38. The molecule has 1 aromatic heterocycles. The van der Waals surface area contributed by atoms with E-state index in [9.17, 15) is 5.26 Å². The highest BCUT2D eigenvalue weighted by Crippen LogP contribution is 2.38. The molecule has 0 spiro atoms. The Morgan fingerprint density at radius 2 is 2.26 bits per heavy atom. The molecule has 19 heavy (non-hydrogen) atoms. The Labute approximate surface area is 114 Å². The Morgan fingerprint density at radius 3 is 3.00 bits per heavy atom. The number of fused-ring (bicyclic) bond motifs is 1. The predicted octanol–water partition coefficient (Wildman–Crippen LogP) is 1.83. The van der Waals surface area contributed by atoms with Crippen molar-refractivity contribution in [1.82, 2.24) is 4.98 Å². The van der Waals surface area contributed by atoms with Crippen molar-refractivity contribution in [2.24, 2.45) is 17.6 Å². The second kappa shape index (κ2) is 4.82. The van der Waals surface area contributed by atoms with Gasteiger partial charge in [0.1, 0.15) is 11.9 Å². The molecule has 2 heterocycles. The number of aromatic nitrogens is 1. The first kappa shape index (κ1) is 12.4. The van der Waals surface area contributed by atoms with Crippen molar-refractivity contribution in [3.63, 3.8) is 0 Å². The first-order valence-electron chi connectivity index (χ1n) is 7.07. The third-order valence-electron chi connectivity index (χ3n) is 4.70. The zero-order valence-electron chi connectivity index (χ0n) is 11.3. The van der Waals surface area contributed by atoms with Gasteiger partial charge in [0.15, 0.2) is 0 Å². The molecule has 1 aliphatic heterocycles. The summed E-state index contributed by atoms with van der Waals surface area (Å²) in [6.45, 7) is 3.93. The largest absolute Gasteiger partial charge is 0.355 e. The number of aryl methyl sites for hydroxylation is 1. The summed E-state index contributed by atoms with van der Waals surface area (Å²) in [5.41, 5.74) is 7.97. The van der Waals surface area contributed by atoms with Gasteiger partial charge in [-0.2, -0.15) is 5.26 Å². The van der Waals surface area contributed by atoms with Crippen LogP contribution in [0.3, 0.4) is 0 Å². The molecule has 3 rings (SSSR count). The van der Waals surface area contributed by atoms with Crippen LogP contribution < -0.4 is 10.6 Å². The van der Waals surface area contributed by atoms with Crippen molar-refractivity contribution in [3.05, 3.63) is 23.4 Å². The Bertz CT molecular complexity index is 519. The van der Waals surface area contributed by atoms with Gasteiger partial charge in [-0.05, 0) is 43.2 Å². The minimum atomic E-state index is 0.319. The first-order valence-corrected chi connectivity index (χ1v) is 7.07. The van der Waals surface area contributed by atoms with E-state index in [1.807, 2.05) is 13.0 Å². The van der Waals surface area contributed by atoms with Gasteiger partial charge in [-0.15, -0.1) is 0 Å². The molecule has 4 heteroatoms. The van der Waals surface area contributed by atoms with E-state index < -0.39 is 0 Å². The molecule has 0 aromatic carbocycles. The highest BCUT2D eigenvalue weighted by atomic mass is 15.2. The molecule has 1 saturated carbocycles. The molecule has 0 radical (unpaired) electrons. The third-order valence-corrected chi connectivity index (χ3v) is 4.70. The van der Waals surface area contributed by atoms with E-state index in [1.165, 1.54) is 12.8 Å². The lowest BCUT2D eigenvalue weighted by molar-refractivity contribution is 0.260. The van der Waals surface area contributed by atoms with Gasteiger partial charge in [-0.25, -0.2) is 4.98 Å². The van der Waals surface area contributed by atoms with E-state index in [1.54, 1.807) is 6.20 Å². The number of rotatable bonds is 1. The molecule has 2 aliphatic rings. The van der Waals surface area contributed by atoms with Crippen LogP contribution in [0.1, 0.15) is 30.4 Å². The summed E-state index contributed by atoms with van der Waals surface area (Å²) in [5, 5.41) is 9.33. The molecule has 1 saturated heterocycles. The van der Waals surface area contributed by atoms with Crippen LogP contribution in [0.15, 0.2) is 12.3 Å². The van der Waals surface area contributed by atoms with E-state index >= 15 is 0 Å². The molecule has 100 valence electrons. The van der Waals surface area contributed by atoms with Crippen LogP contribution >= 0.6 is 0 Å². The van der Waals surface area contributed by atoms with E-state index in [4.69, 9.17) is 5.73 Å². The van der Waals surface area contributed by atoms with Gasteiger partial charge in [0.05, 0.1) is 5.56 Å². The average Bonchev–Trinajstić information content (AvgIpc) is 2.84. The number of nitriles is 1. The summed E-state index contributed by atoms with van der Waals surface area (Å²) in [6.07, 6.45) is 5.44. The minimum Gasteiger partial charge on any atom is -0.355 e. The van der Waals surface area contributed by atoms with Crippen molar-refractivity contribution < 1.29 is 0 Å². The van der Waals surface area contributed by atoms with Crippen molar-refractivity contribution in [2.75, 3.05) is 18.0 Å². The summed E-state index contributed by atoms with van der Waals surface area (Å²) in [6, 6.07) is 4.52. The predicted molar refractivity (Wildman–Crippen MR) is 74.7 cm³/mol. The van der Waals surface area contributed by atoms with Crippen LogP contribution in [0.2, 0.25) is 0 Å². The monoisotopic (exact) mass is 256 g/mol. The quantitative estimate of drug-likeness (QED) is 0.832. The molecule has 0 amide bonds. The maximum absolute atomic E-state index is 9.33. The molecule has 1 aromatic rings. The highest BCUT2D eigenvalue weighted by Gasteiger charge is 2.39. The Balaban J connectivity index is 1.89. The van der Waals surface area contributed by atoms with Crippen molar-refractivity contribution in [3.8, 4) is 6.07 Å². The molecular formula is C15H20N4. The van der Waals surface area contributed by atoms with Gasteiger partial charge in [0.25, 0.3) is 0 Å². The second-order valence-corrected chi connectivity index (χ2v) is 5.86. The van der Waals surface area contributed by atoms with Gasteiger partial charge in [0.2, 0.25) is 0 Å². The standard InChI is InChI=1S/C15H20N4/c1-10-5-6-18-15(12(10)7-16)19-8-11-3-2-4-14(17)13(11)9-19/h5-6,11,13-14H,2-4,8-9,17H2,1H3. The summed E-state index contributed by atoms with van der Waals surface area (Å²) in [4.78, 5) is 6.71. The molecule has 2 fully saturated rings. The minimum absolute atomic E-state index is 0.319. The van der Waals surface area contributed by atoms with E-state index in [2.05, 4.69) is 16.0 Å². The lowest BCUT2D eigenvalue weighted by atomic mass is 9.78. The van der Waals surface area contributed by atoms with Crippen LogP contribution in [0, 0.1) is 30.1 Å². The number of hydrogen-bond acceptors (Lipinski definition) is 4. The number of nitrogens with zero attached hydrogens (tertiary/aromatic N) is 3. The zero-order chi connectivity index (χ0) is 13.4. The van der Waals surface area contributed by atoms with E-state index in [-0.39, 0.29) is 0 Å². The summed E-state index contributed by atoms with van der Waals surface area (Å²) in [5.74, 6) is 2.10. The molecule has 1 aliphatic carbocycles. The fourth-order valence-corrected chi connectivity index (χ4v) is 3.61.